The van der Waals surface area contributed by atoms with E-state index < -0.39 is 0 Å². The summed E-state index contributed by atoms with van der Waals surface area (Å²) >= 11 is 1.79. The Morgan fingerprint density at radius 1 is 1.19 bits per heavy atom. The topological polar surface area (TPSA) is 70.6 Å². The lowest BCUT2D eigenvalue weighted by atomic mass is 9.97. The van der Waals surface area contributed by atoms with E-state index in [2.05, 4.69) is 10.2 Å². The van der Waals surface area contributed by atoms with Crippen LogP contribution in [0.5, 0.6) is 0 Å². The van der Waals surface area contributed by atoms with Crippen LogP contribution < -0.4 is 10.2 Å². The lowest BCUT2D eigenvalue weighted by Gasteiger charge is -2.36. The third-order valence-corrected chi connectivity index (χ3v) is 7.24. The molecule has 2 aliphatic rings. The molecule has 5 rings (SSSR count). The maximum Gasteiger partial charge on any atom is 0.321 e. The number of fused-ring (bicyclic) bond motifs is 3. The molecule has 1 N–H and O–H groups in total. The minimum Gasteiger partial charge on any atom is -0.377 e. The molecule has 7 nitrogen and oxygen atoms in total. The number of methoxy groups -OCH3 is 1. The van der Waals surface area contributed by atoms with Crippen LogP contribution in [-0.4, -0.2) is 54.2 Å². The number of hydrogen-bond acceptors (Lipinski definition) is 6. The highest BCUT2D eigenvalue weighted by atomic mass is 32.1. The zero-order chi connectivity index (χ0) is 22.1. The molecule has 1 fully saturated rings. The summed E-state index contributed by atoms with van der Waals surface area (Å²) in [6.45, 7) is 2.87. The minimum atomic E-state index is -0.369. The molecule has 0 bridgehead atoms. The Hall–Kier alpha value is -2.78. The lowest BCUT2D eigenvalue weighted by Crippen LogP contribution is -2.50. The molecule has 0 radical (unpaired) electrons. The molecule has 0 saturated carbocycles. The van der Waals surface area contributed by atoms with Gasteiger partial charge in [-0.2, -0.15) is 0 Å². The van der Waals surface area contributed by atoms with Gasteiger partial charge in [-0.25, -0.2) is 19.2 Å². The van der Waals surface area contributed by atoms with Crippen LogP contribution in [0.4, 0.5) is 20.7 Å². The monoisotopic (exact) mass is 455 g/mol. The van der Waals surface area contributed by atoms with Crippen molar-refractivity contribution >= 4 is 39.1 Å². The van der Waals surface area contributed by atoms with Crippen LogP contribution in [-0.2, 0) is 24.2 Å². The summed E-state index contributed by atoms with van der Waals surface area (Å²) in [7, 11) is 1.66. The summed E-state index contributed by atoms with van der Waals surface area (Å²) in [5.41, 5.74) is 1.87. The van der Waals surface area contributed by atoms with Gasteiger partial charge in [0.2, 0.25) is 0 Å². The fourth-order valence-corrected chi connectivity index (χ4v) is 5.77. The third kappa shape index (κ3) is 4.14. The van der Waals surface area contributed by atoms with Gasteiger partial charge in [-0.3, -0.25) is 0 Å². The first-order valence-electron chi connectivity index (χ1n) is 11.0. The molecule has 0 unspecified atom stereocenters. The summed E-state index contributed by atoms with van der Waals surface area (Å²) in [4.78, 5) is 28.8. The number of aryl methyl sites for hydroxylation is 2. The molecule has 1 aliphatic heterocycles. The Bertz CT molecular complexity index is 1140. The van der Waals surface area contributed by atoms with E-state index in [1.54, 1.807) is 35.5 Å². The number of hydrogen-bond donors (Lipinski definition) is 1. The van der Waals surface area contributed by atoms with Crippen molar-refractivity contribution in [2.75, 3.05) is 43.5 Å². The maximum absolute atomic E-state index is 13.4. The Morgan fingerprint density at radius 2 is 2.00 bits per heavy atom. The molecule has 2 aromatic heterocycles. The van der Waals surface area contributed by atoms with Crippen LogP contribution in [0, 0.1) is 5.82 Å². The molecule has 0 spiro atoms. The fraction of sp³-hybridized carbons (Fsp3) is 0.435. The number of urea groups is 1. The van der Waals surface area contributed by atoms with Crippen LogP contribution in [0.15, 0.2) is 24.3 Å². The van der Waals surface area contributed by atoms with Gasteiger partial charge in [-0.05, 0) is 49.4 Å². The van der Waals surface area contributed by atoms with E-state index in [4.69, 9.17) is 14.7 Å². The molecular formula is C23H26FN5O2S. The van der Waals surface area contributed by atoms with Gasteiger partial charge in [0.05, 0.1) is 5.39 Å². The second kappa shape index (κ2) is 8.99. The van der Waals surface area contributed by atoms with Crippen molar-refractivity contribution in [3.63, 3.8) is 0 Å². The second-order valence-corrected chi connectivity index (χ2v) is 9.29. The van der Waals surface area contributed by atoms with Crippen LogP contribution in [0.3, 0.4) is 0 Å². The van der Waals surface area contributed by atoms with Crippen LogP contribution in [0.1, 0.15) is 29.1 Å². The molecule has 1 aliphatic carbocycles. The minimum absolute atomic E-state index is 0.212. The number of ether oxygens (including phenoxy) is 1. The standard InChI is InChI=1S/C23H26FN5O2S/c1-31-14-19-26-21(20-17-7-2-3-8-18(17)32-22(20)27-19)28-9-11-29(12-10-28)23(30)25-16-6-4-5-15(24)13-16/h4-6,13H,2-3,7-12,14H2,1H3,(H,25,30). The maximum atomic E-state index is 13.4. The number of piperazine rings is 1. The molecule has 32 heavy (non-hydrogen) atoms. The average molecular weight is 456 g/mol. The van der Waals surface area contributed by atoms with E-state index in [0.717, 1.165) is 23.5 Å². The Morgan fingerprint density at radius 3 is 2.78 bits per heavy atom. The van der Waals surface area contributed by atoms with Crippen LogP contribution in [0.2, 0.25) is 0 Å². The van der Waals surface area contributed by atoms with Gasteiger partial charge in [0.25, 0.3) is 0 Å². The van der Waals surface area contributed by atoms with Crippen molar-refractivity contribution in [3.8, 4) is 0 Å². The number of carbonyl (C=O) groups is 1. The number of halogens is 1. The zero-order valence-corrected chi connectivity index (χ0v) is 18.9. The Kier molecular flexibility index (Phi) is 5.93. The molecule has 168 valence electrons. The van der Waals surface area contributed by atoms with Gasteiger partial charge in [-0.1, -0.05) is 6.07 Å². The van der Waals surface area contributed by atoms with Crippen molar-refractivity contribution < 1.29 is 13.9 Å². The number of carbonyl (C=O) groups excluding carboxylic acids is 1. The second-order valence-electron chi connectivity index (χ2n) is 8.20. The number of benzene rings is 1. The first kappa shape index (κ1) is 21.1. The molecule has 3 aromatic rings. The summed E-state index contributed by atoms with van der Waals surface area (Å²) in [6.07, 6.45) is 4.62. The number of amides is 2. The summed E-state index contributed by atoms with van der Waals surface area (Å²) in [5, 5.41) is 3.97. The smallest absolute Gasteiger partial charge is 0.321 e. The molecule has 2 amide bonds. The van der Waals surface area contributed by atoms with Crippen molar-refractivity contribution in [2.24, 2.45) is 0 Å². The van der Waals surface area contributed by atoms with E-state index in [1.807, 2.05) is 0 Å². The zero-order valence-electron chi connectivity index (χ0n) is 18.1. The van der Waals surface area contributed by atoms with Gasteiger partial charge in [0, 0.05) is 43.9 Å². The van der Waals surface area contributed by atoms with Gasteiger partial charge in [0.1, 0.15) is 23.1 Å². The highest BCUT2D eigenvalue weighted by Gasteiger charge is 2.27. The number of nitrogens with one attached hydrogen (secondary N) is 1. The average Bonchev–Trinajstić information content (AvgIpc) is 3.17. The normalized spacial score (nSPS) is 16.3. The molecule has 9 heteroatoms. The Labute approximate surface area is 190 Å². The van der Waals surface area contributed by atoms with Crippen molar-refractivity contribution in [1.82, 2.24) is 14.9 Å². The molecular weight excluding hydrogens is 429 g/mol. The summed E-state index contributed by atoms with van der Waals surface area (Å²) in [6, 6.07) is 5.74. The van der Waals surface area contributed by atoms with Gasteiger partial charge >= 0.3 is 6.03 Å². The van der Waals surface area contributed by atoms with Crippen molar-refractivity contribution in [3.05, 3.63) is 46.3 Å². The quantitative estimate of drug-likeness (QED) is 0.638. The third-order valence-electron chi connectivity index (χ3n) is 6.06. The van der Waals surface area contributed by atoms with E-state index >= 15 is 0 Å². The van der Waals surface area contributed by atoms with E-state index in [9.17, 15) is 9.18 Å². The van der Waals surface area contributed by atoms with Gasteiger partial charge in [-0.15, -0.1) is 11.3 Å². The summed E-state index contributed by atoms with van der Waals surface area (Å²) < 4.78 is 18.7. The molecule has 1 aromatic carbocycles. The van der Waals surface area contributed by atoms with Gasteiger partial charge in [0.15, 0.2) is 5.82 Å². The van der Waals surface area contributed by atoms with E-state index in [-0.39, 0.29) is 11.8 Å². The largest absolute Gasteiger partial charge is 0.377 e. The van der Waals surface area contributed by atoms with Crippen molar-refractivity contribution in [1.29, 1.82) is 0 Å². The predicted molar refractivity (Wildman–Crippen MR) is 124 cm³/mol. The summed E-state index contributed by atoms with van der Waals surface area (Å²) in [5.74, 6) is 1.29. The molecule has 3 heterocycles. The highest BCUT2D eigenvalue weighted by Crippen LogP contribution is 2.40. The molecule has 0 atom stereocenters. The highest BCUT2D eigenvalue weighted by molar-refractivity contribution is 7.19. The van der Waals surface area contributed by atoms with E-state index in [1.165, 1.54) is 40.8 Å². The number of rotatable bonds is 4. The fourth-order valence-electron chi connectivity index (χ4n) is 4.49. The first-order valence-corrected chi connectivity index (χ1v) is 11.8. The van der Waals surface area contributed by atoms with Crippen LogP contribution >= 0.6 is 11.3 Å². The predicted octanol–water partition coefficient (Wildman–Crippen LogP) is 4.21. The van der Waals surface area contributed by atoms with Crippen molar-refractivity contribution in [2.45, 2.75) is 32.3 Å². The van der Waals surface area contributed by atoms with Crippen LogP contribution in [0.25, 0.3) is 10.2 Å². The van der Waals surface area contributed by atoms with Gasteiger partial charge < -0.3 is 19.9 Å². The molecule has 1 saturated heterocycles. The number of thiophene rings is 1. The Balaban J connectivity index is 1.36. The lowest BCUT2D eigenvalue weighted by molar-refractivity contribution is 0.178. The SMILES string of the molecule is COCc1nc(N2CCN(C(=O)Nc3cccc(F)c3)CC2)c2c3c(sc2n1)CCCC3. The first-order chi connectivity index (χ1) is 15.6. The number of nitrogens with zero attached hydrogens (tertiary/aromatic N) is 4. The number of aromatic nitrogens is 2. The number of anilines is 2. The van der Waals surface area contributed by atoms with E-state index in [0.29, 0.717) is 44.3 Å².